The lowest BCUT2D eigenvalue weighted by Gasteiger charge is -2.12. The molecule has 0 aromatic heterocycles. The van der Waals surface area contributed by atoms with E-state index < -0.39 is 0 Å². The Balaban J connectivity index is 3.64. The van der Waals surface area contributed by atoms with Crippen LogP contribution in [0.1, 0.15) is 18.1 Å². The molecule has 1 rings (SSSR count). The van der Waals surface area contributed by atoms with Gasteiger partial charge >= 0.3 is 0 Å². The highest BCUT2D eigenvalue weighted by atomic mass is 127. The average Bonchev–Trinajstić information content (AvgIpc) is 2.16. The SMILES string of the molecule is C=Cc1c(I)c(F)c(I)c(CC)c1I. The fourth-order valence-electron chi connectivity index (χ4n) is 1.19. The maximum absolute atomic E-state index is 13.7. The van der Waals surface area contributed by atoms with Crippen molar-refractivity contribution >= 4 is 73.8 Å². The Morgan fingerprint density at radius 3 is 2.21 bits per heavy atom. The van der Waals surface area contributed by atoms with Crippen LogP contribution in [0.3, 0.4) is 0 Å². The molecule has 0 spiro atoms. The van der Waals surface area contributed by atoms with E-state index >= 15 is 0 Å². The van der Waals surface area contributed by atoms with E-state index in [4.69, 9.17) is 0 Å². The van der Waals surface area contributed by atoms with Gasteiger partial charge in [-0.2, -0.15) is 0 Å². The van der Waals surface area contributed by atoms with Gasteiger partial charge in [-0.25, -0.2) is 4.39 Å². The molecule has 0 amide bonds. The number of rotatable bonds is 2. The van der Waals surface area contributed by atoms with Gasteiger partial charge in [-0.3, -0.25) is 0 Å². The van der Waals surface area contributed by atoms with Gasteiger partial charge in [0.1, 0.15) is 0 Å². The molecule has 0 unspecified atom stereocenters. The van der Waals surface area contributed by atoms with Gasteiger partial charge in [0.25, 0.3) is 0 Å². The highest BCUT2D eigenvalue weighted by Crippen LogP contribution is 2.31. The van der Waals surface area contributed by atoms with Gasteiger partial charge in [-0.05, 0) is 79.8 Å². The van der Waals surface area contributed by atoms with Crippen LogP contribution in [0.2, 0.25) is 0 Å². The number of benzene rings is 1. The van der Waals surface area contributed by atoms with Gasteiger partial charge in [0.2, 0.25) is 0 Å². The van der Waals surface area contributed by atoms with Crippen molar-refractivity contribution in [3.05, 3.63) is 34.2 Å². The summed E-state index contributed by atoms with van der Waals surface area (Å²) in [6.07, 6.45) is 2.58. The van der Waals surface area contributed by atoms with Crippen molar-refractivity contribution in [2.24, 2.45) is 0 Å². The predicted octanol–water partition coefficient (Wildman–Crippen LogP) is 4.84. The fourth-order valence-corrected chi connectivity index (χ4v) is 5.56. The van der Waals surface area contributed by atoms with Crippen molar-refractivity contribution in [1.29, 1.82) is 0 Å². The summed E-state index contributed by atoms with van der Waals surface area (Å²) in [5.41, 5.74) is 2.00. The zero-order valence-corrected chi connectivity index (χ0v) is 14.0. The molecule has 0 aliphatic heterocycles. The number of halogens is 4. The number of hydrogen-bond donors (Lipinski definition) is 0. The molecule has 1 aromatic rings. The fraction of sp³-hybridized carbons (Fsp3) is 0.200. The van der Waals surface area contributed by atoms with E-state index in [9.17, 15) is 4.39 Å². The summed E-state index contributed by atoms with van der Waals surface area (Å²) >= 11 is 6.37. The van der Waals surface area contributed by atoms with Crippen molar-refractivity contribution < 1.29 is 4.39 Å². The second-order valence-electron chi connectivity index (χ2n) is 2.71. The van der Waals surface area contributed by atoms with Gasteiger partial charge in [-0.1, -0.05) is 19.6 Å². The Morgan fingerprint density at radius 1 is 1.21 bits per heavy atom. The predicted molar refractivity (Wildman–Crippen MR) is 84.0 cm³/mol. The molecule has 0 atom stereocenters. The molecule has 4 heteroatoms. The molecule has 0 bridgehead atoms. The molecule has 0 nitrogen and oxygen atoms in total. The normalized spacial score (nSPS) is 10.4. The van der Waals surface area contributed by atoms with Crippen LogP contribution >= 0.6 is 67.8 Å². The van der Waals surface area contributed by atoms with Crippen LogP contribution < -0.4 is 0 Å². The molecule has 0 aliphatic rings. The maximum Gasteiger partial charge on any atom is 0.150 e. The van der Waals surface area contributed by atoms with Crippen molar-refractivity contribution in [1.82, 2.24) is 0 Å². The largest absolute Gasteiger partial charge is 0.205 e. The smallest absolute Gasteiger partial charge is 0.150 e. The molecular formula is C10H8FI3. The summed E-state index contributed by atoms with van der Waals surface area (Å²) in [4.78, 5) is 0. The van der Waals surface area contributed by atoms with Gasteiger partial charge < -0.3 is 0 Å². The van der Waals surface area contributed by atoms with Crippen LogP contribution in [-0.4, -0.2) is 0 Å². The summed E-state index contributed by atoms with van der Waals surface area (Å²) < 4.78 is 16.3. The minimum atomic E-state index is -0.113. The van der Waals surface area contributed by atoms with Crippen LogP contribution in [-0.2, 0) is 6.42 Å². The van der Waals surface area contributed by atoms with E-state index in [0.717, 1.165) is 24.7 Å². The number of hydrogen-bond acceptors (Lipinski definition) is 0. The lowest BCUT2D eigenvalue weighted by molar-refractivity contribution is 0.609. The highest BCUT2D eigenvalue weighted by molar-refractivity contribution is 14.1. The molecule has 1 aromatic carbocycles. The monoisotopic (exact) mass is 528 g/mol. The Kier molecular flexibility index (Phi) is 5.09. The van der Waals surface area contributed by atoms with E-state index in [-0.39, 0.29) is 5.82 Å². The topological polar surface area (TPSA) is 0 Å². The molecule has 0 fully saturated rings. The van der Waals surface area contributed by atoms with Crippen molar-refractivity contribution in [3.63, 3.8) is 0 Å². The van der Waals surface area contributed by atoms with Gasteiger partial charge in [-0.15, -0.1) is 0 Å². The third-order valence-electron chi connectivity index (χ3n) is 1.95. The van der Waals surface area contributed by atoms with Crippen molar-refractivity contribution in [2.45, 2.75) is 13.3 Å². The van der Waals surface area contributed by atoms with Crippen molar-refractivity contribution in [3.8, 4) is 0 Å². The van der Waals surface area contributed by atoms with E-state index in [0.29, 0.717) is 3.57 Å². The summed E-state index contributed by atoms with van der Waals surface area (Å²) in [6, 6.07) is 0. The first-order valence-electron chi connectivity index (χ1n) is 4.01. The van der Waals surface area contributed by atoms with E-state index in [2.05, 4.69) is 51.8 Å². The van der Waals surface area contributed by atoms with E-state index in [1.807, 2.05) is 29.5 Å². The minimum absolute atomic E-state index is 0.113. The van der Waals surface area contributed by atoms with Crippen LogP contribution in [0.5, 0.6) is 0 Å². The Bertz CT molecular complexity index is 386. The summed E-state index contributed by atoms with van der Waals surface area (Å²) in [5, 5.41) is 0. The van der Waals surface area contributed by atoms with Crippen LogP contribution in [0.4, 0.5) is 4.39 Å². The summed E-state index contributed by atoms with van der Waals surface area (Å²) in [6.45, 7) is 5.76. The highest BCUT2D eigenvalue weighted by Gasteiger charge is 2.17. The van der Waals surface area contributed by atoms with Gasteiger partial charge in [0.05, 0.1) is 7.14 Å². The first-order valence-corrected chi connectivity index (χ1v) is 7.25. The minimum Gasteiger partial charge on any atom is -0.205 e. The maximum atomic E-state index is 13.7. The average molecular weight is 528 g/mol. The second kappa shape index (κ2) is 5.42. The lowest BCUT2D eigenvalue weighted by Crippen LogP contribution is -2.02. The van der Waals surface area contributed by atoms with E-state index in [1.165, 1.54) is 0 Å². The van der Waals surface area contributed by atoms with Gasteiger partial charge in [0, 0.05) is 9.13 Å². The Hall–Kier alpha value is 1.08. The third-order valence-corrected chi connectivity index (χ3v) is 5.36. The van der Waals surface area contributed by atoms with Crippen LogP contribution in [0, 0.1) is 16.5 Å². The molecule has 76 valence electrons. The van der Waals surface area contributed by atoms with E-state index in [1.54, 1.807) is 6.08 Å². The second-order valence-corrected chi connectivity index (χ2v) is 5.94. The summed E-state index contributed by atoms with van der Waals surface area (Å²) in [7, 11) is 0. The zero-order valence-electron chi connectivity index (χ0n) is 7.50. The summed E-state index contributed by atoms with van der Waals surface area (Å²) in [5.74, 6) is -0.113. The van der Waals surface area contributed by atoms with Gasteiger partial charge in [0.15, 0.2) is 5.82 Å². The molecular weight excluding hydrogens is 520 g/mol. The standard InChI is InChI=1S/C10H8FI3/c1-3-5-8(12)6(4-2)10(14)7(11)9(5)13/h3H,1,4H2,2H3. The quantitative estimate of drug-likeness (QED) is 0.293. The molecule has 0 N–H and O–H groups in total. The lowest BCUT2D eigenvalue weighted by atomic mass is 10.1. The van der Waals surface area contributed by atoms with Crippen LogP contribution in [0.25, 0.3) is 6.08 Å². The molecule has 0 aliphatic carbocycles. The Morgan fingerprint density at radius 2 is 1.79 bits per heavy atom. The first kappa shape index (κ1) is 13.1. The zero-order chi connectivity index (χ0) is 10.9. The molecule has 0 radical (unpaired) electrons. The Labute approximate surface area is 124 Å². The van der Waals surface area contributed by atoms with Crippen LogP contribution in [0.15, 0.2) is 6.58 Å². The molecule has 0 heterocycles. The van der Waals surface area contributed by atoms with Crippen molar-refractivity contribution in [2.75, 3.05) is 0 Å². The third kappa shape index (κ3) is 2.26. The first-order chi connectivity index (χ1) is 6.54. The molecule has 0 saturated heterocycles. The molecule has 14 heavy (non-hydrogen) atoms. The molecule has 0 saturated carbocycles.